The lowest BCUT2D eigenvalue weighted by Gasteiger charge is -2.10. The molecule has 1 atom stereocenters. The number of H-pyrrole nitrogens is 1. The van der Waals surface area contributed by atoms with E-state index in [4.69, 9.17) is 0 Å². The highest BCUT2D eigenvalue weighted by Crippen LogP contribution is 2.20. The molecule has 1 aliphatic heterocycles. The highest BCUT2D eigenvalue weighted by molar-refractivity contribution is 5.98. The summed E-state index contributed by atoms with van der Waals surface area (Å²) in [7, 11) is 0. The van der Waals surface area contributed by atoms with Gasteiger partial charge in [0.05, 0.1) is 6.20 Å². The van der Waals surface area contributed by atoms with E-state index in [9.17, 15) is 4.79 Å². The number of aromatic amines is 1. The van der Waals surface area contributed by atoms with Gasteiger partial charge < -0.3 is 10.6 Å². The Bertz CT molecular complexity index is 574. The summed E-state index contributed by atoms with van der Waals surface area (Å²) in [5.74, 6) is 0.410. The monoisotopic (exact) mass is 271 g/mol. The number of aromatic nitrogens is 3. The number of carbonyl (C=O) groups excluding carboxylic acids is 1. The fourth-order valence-corrected chi connectivity index (χ4v) is 2.42. The summed E-state index contributed by atoms with van der Waals surface area (Å²) in [4.78, 5) is 16.2. The number of nitrogens with one attached hydrogen (secondary N) is 3. The molecular weight excluding hydrogens is 254 g/mol. The van der Waals surface area contributed by atoms with E-state index in [1.165, 1.54) is 0 Å². The van der Waals surface area contributed by atoms with E-state index in [1.54, 1.807) is 18.6 Å². The van der Waals surface area contributed by atoms with Gasteiger partial charge in [0.15, 0.2) is 0 Å². The minimum atomic E-state index is -0.110. The van der Waals surface area contributed by atoms with Crippen LogP contribution in [0.15, 0.2) is 30.7 Å². The SMILES string of the molecule is O=C(NCC1CCNC1)c1[nH]ncc1-c1ccncc1. The molecule has 2 aromatic heterocycles. The zero-order chi connectivity index (χ0) is 13.8. The molecular formula is C14H17N5O. The molecule has 2 aromatic rings. The van der Waals surface area contributed by atoms with Gasteiger partial charge in [0.2, 0.25) is 0 Å². The molecule has 104 valence electrons. The third kappa shape index (κ3) is 2.70. The van der Waals surface area contributed by atoms with Crippen LogP contribution in [0.4, 0.5) is 0 Å². The summed E-state index contributed by atoms with van der Waals surface area (Å²) in [5.41, 5.74) is 2.23. The second-order valence-corrected chi connectivity index (χ2v) is 4.96. The average Bonchev–Trinajstić information content (AvgIpc) is 3.17. The number of nitrogens with zero attached hydrogens (tertiary/aromatic N) is 2. The first-order valence-corrected chi connectivity index (χ1v) is 6.77. The zero-order valence-corrected chi connectivity index (χ0v) is 11.1. The van der Waals surface area contributed by atoms with Gasteiger partial charge in [-0.15, -0.1) is 0 Å². The van der Waals surface area contributed by atoms with Gasteiger partial charge in [-0.05, 0) is 43.1 Å². The molecule has 1 unspecified atom stereocenters. The molecule has 3 N–H and O–H groups in total. The highest BCUT2D eigenvalue weighted by Gasteiger charge is 2.18. The summed E-state index contributed by atoms with van der Waals surface area (Å²) >= 11 is 0. The number of pyridine rings is 1. The van der Waals surface area contributed by atoms with Crippen LogP contribution in [0.2, 0.25) is 0 Å². The van der Waals surface area contributed by atoms with E-state index in [0.29, 0.717) is 18.2 Å². The smallest absolute Gasteiger partial charge is 0.269 e. The molecule has 6 heteroatoms. The fraction of sp³-hybridized carbons (Fsp3) is 0.357. The number of amides is 1. The van der Waals surface area contributed by atoms with E-state index >= 15 is 0 Å². The van der Waals surface area contributed by atoms with Gasteiger partial charge in [0, 0.05) is 24.5 Å². The minimum Gasteiger partial charge on any atom is -0.350 e. The third-order valence-corrected chi connectivity index (χ3v) is 3.57. The minimum absolute atomic E-state index is 0.110. The molecule has 6 nitrogen and oxygen atoms in total. The largest absolute Gasteiger partial charge is 0.350 e. The Morgan fingerprint density at radius 3 is 3.00 bits per heavy atom. The average molecular weight is 271 g/mol. The van der Waals surface area contributed by atoms with Crippen LogP contribution < -0.4 is 10.6 Å². The second kappa shape index (κ2) is 5.83. The first-order valence-electron chi connectivity index (χ1n) is 6.77. The summed E-state index contributed by atoms with van der Waals surface area (Å²) in [6, 6.07) is 3.73. The van der Waals surface area contributed by atoms with Crippen molar-refractivity contribution in [3.8, 4) is 11.1 Å². The van der Waals surface area contributed by atoms with Crippen LogP contribution in [0.1, 0.15) is 16.9 Å². The predicted molar refractivity (Wildman–Crippen MR) is 75.1 cm³/mol. The van der Waals surface area contributed by atoms with Gasteiger partial charge in [0.25, 0.3) is 5.91 Å². The lowest BCUT2D eigenvalue weighted by atomic mass is 10.1. The van der Waals surface area contributed by atoms with Crippen LogP contribution >= 0.6 is 0 Å². The van der Waals surface area contributed by atoms with Gasteiger partial charge in [-0.2, -0.15) is 5.10 Å². The van der Waals surface area contributed by atoms with Crippen molar-refractivity contribution in [2.45, 2.75) is 6.42 Å². The van der Waals surface area contributed by atoms with Crippen molar-refractivity contribution in [3.05, 3.63) is 36.4 Å². The Balaban J connectivity index is 1.70. The Labute approximate surface area is 117 Å². The molecule has 3 heterocycles. The Kier molecular flexibility index (Phi) is 3.73. The van der Waals surface area contributed by atoms with Crippen LogP contribution in [-0.4, -0.2) is 40.7 Å². The molecule has 0 bridgehead atoms. The standard InChI is InChI=1S/C14H17N5O/c20-14(17-8-10-1-4-16-7-10)13-12(9-18-19-13)11-2-5-15-6-3-11/h2-3,5-6,9-10,16H,1,4,7-8H2,(H,17,20)(H,18,19). The molecule has 0 aliphatic carbocycles. The maximum absolute atomic E-state index is 12.2. The first-order chi connectivity index (χ1) is 9.84. The molecule has 20 heavy (non-hydrogen) atoms. The normalized spacial score (nSPS) is 18.1. The van der Waals surface area contributed by atoms with Crippen molar-refractivity contribution in [2.75, 3.05) is 19.6 Å². The van der Waals surface area contributed by atoms with E-state index in [2.05, 4.69) is 25.8 Å². The Morgan fingerprint density at radius 2 is 2.25 bits per heavy atom. The number of rotatable bonds is 4. The molecule has 0 aromatic carbocycles. The number of hydrogen-bond donors (Lipinski definition) is 3. The Morgan fingerprint density at radius 1 is 1.40 bits per heavy atom. The van der Waals surface area contributed by atoms with Crippen molar-refractivity contribution < 1.29 is 4.79 Å². The molecule has 1 amide bonds. The zero-order valence-electron chi connectivity index (χ0n) is 11.1. The maximum Gasteiger partial charge on any atom is 0.269 e. The van der Waals surface area contributed by atoms with Crippen LogP contribution in [0.25, 0.3) is 11.1 Å². The second-order valence-electron chi connectivity index (χ2n) is 4.96. The lowest BCUT2D eigenvalue weighted by molar-refractivity contribution is 0.0944. The molecule has 1 aliphatic rings. The van der Waals surface area contributed by atoms with Crippen molar-refractivity contribution >= 4 is 5.91 Å². The van der Waals surface area contributed by atoms with Gasteiger partial charge in [-0.25, -0.2) is 0 Å². The predicted octanol–water partition coefficient (Wildman–Crippen LogP) is 0.811. The Hall–Kier alpha value is -2.21. The molecule has 0 radical (unpaired) electrons. The first kappa shape index (κ1) is 12.8. The van der Waals surface area contributed by atoms with Gasteiger partial charge in [-0.1, -0.05) is 0 Å². The molecule has 1 saturated heterocycles. The van der Waals surface area contributed by atoms with Crippen molar-refractivity contribution in [1.29, 1.82) is 0 Å². The quantitative estimate of drug-likeness (QED) is 0.768. The van der Waals surface area contributed by atoms with Crippen LogP contribution in [0.5, 0.6) is 0 Å². The van der Waals surface area contributed by atoms with Crippen molar-refractivity contribution in [1.82, 2.24) is 25.8 Å². The van der Waals surface area contributed by atoms with Gasteiger partial charge in [0.1, 0.15) is 5.69 Å². The summed E-state index contributed by atoms with van der Waals surface area (Å²) in [5, 5.41) is 13.0. The van der Waals surface area contributed by atoms with E-state index < -0.39 is 0 Å². The van der Waals surface area contributed by atoms with E-state index in [1.807, 2.05) is 12.1 Å². The summed E-state index contributed by atoms with van der Waals surface area (Å²) in [6.07, 6.45) is 6.18. The number of hydrogen-bond acceptors (Lipinski definition) is 4. The van der Waals surface area contributed by atoms with Crippen LogP contribution in [-0.2, 0) is 0 Å². The van der Waals surface area contributed by atoms with Crippen molar-refractivity contribution in [2.24, 2.45) is 5.92 Å². The van der Waals surface area contributed by atoms with Gasteiger partial charge in [-0.3, -0.25) is 14.9 Å². The summed E-state index contributed by atoms with van der Waals surface area (Å²) < 4.78 is 0. The van der Waals surface area contributed by atoms with E-state index in [0.717, 1.165) is 30.6 Å². The maximum atomic E-state index is 12.2. The lowest BCUT2D eigenvalue weighted by Crippen LogP contribution is -2.30. The summed E-state index contributed by atoms with van der Waals surface area (Å²) in [6.45, 7) is 2.70. The van der Waals surface area contributed by atoms with Crippen molar-refractivity contribution in [3.63, 3.8) is 0 Å². The van der Waals surface area contributed by atoms with E-state index in [-0.39, 0.29) is 5.91 Å². The molecule has 0 saturated carbocycles. The van der Waals surface area contributed by atoms with Crippen LogP contribution in [0.3, 0.4) is 0 Å². The fourth-order valence-electron chi connectivity index (χ4n) is 2.42. The highest BCUT2D eigenvalue weighted by atomic mass is 16.1. The molecule has 0 spiro atoms. The number of carbonyl (C=O) groups is 1. The van der Waals surface area contributed by atoms with Gasteiger partial charge >= 0.3 is 0 Å². The topological polar surface area (TPSA) is 82.7 Å². The molecule has 1 fully saturated rings. The molecule has 3 rings (SSSR count). The van der Waals surface area contributed by atoms with Crippen LogP contribution in [0, 0.1) is 5.92 Å². The third-order valence-electron chi connectivity index (χ3n) is 3.57.